The fourth-order valence-electron chi connectivity index (χ4n) is 3.40. The van der Waals surface area contributed by atoms with E-state index in [2.05, 4.69) is 0 Å². The van der Waals surface area contributed by atoms with Gasteiger partial charge >= 0.3 is 0 Å². The van der Waals surface area contributed by atoms with Gasteiger partial charge in [0.2, 0.25) is 0 Å². The molecule has 2 fully saturated rings. The molecule has 2 rings (SSSR count). The molecule has 0 radical (unpaired) electrons. The zero-order chi connectivity index (χ0) is 15.6. The summed E-state index contributed by atoms with van der Waals surface area (Å²) in [4.78, 5) is 24.6. The molecule has 0 aromatic carbocycles. The molecule has 2 heterocycles. The molecule has 0 aliphatic carbocycles. The predicted octanol–water partition coefficient (Wildman–Crippen LogP) is 2.78. The normalized spacial score (nSPS) is 30.0. The number of carbonyl (C=O) groups is 2. The van der Waals surface area contributed by atoms with Crippen molar-refractivity contribution in [2.75, 3.05) is 13.2 Å². The monoisotopic (exact) mass is 296 g/mol. The molecule has 4 nitrogen and oxygen atoms in total. The summed E-state index contributed by atoms with van der Waals surface area (Å²) >= 11 is 0. The van der Waals surface area contributed by atoms with Crippen LogP contribution in [-0.2, 0) is 19.1 Å². The second-order valence-corrected chi connectivity index (χ2v) is 7.39. The van der Waals surface area contributed by atoms with Crippen molar-refractivity contribution in [1.82, 2.24) is 0 Å². The first kappa shape index (κ1) is 16.6. The molecule has 2 aliphatic heterocycles. The van der Waals surface area contributed by atoms with Gasteiger partial charge in [0.05, 0.1) is 12.7 Å². The Kier molecular flexibility index (Phi) is 5.20. The van der Waals surface area contributed by atoms with Crippen molar-refractivity contribution >= 4 is 11.6 Å². The lowest BCUT2D eigenvalue weighted by Gasteiger charge is -2.28. The van der Waals surface area contributed by atoms with Crippen molar-refractivity contribution in [2.24, 2.45) is 17.3 Å². The summed E-state index contributed by atoms with van der Waals surface area (Å²) in [5.74, 6) is 0.515. The van der Waals surface area contributed by atoms with E-state index in [1.54, 1.807) is 0 Å². The number of Topliss-reactive ketones (excluding diaryl/α,β-unsaturated/α-hetero) is 2. The van der Waals surface area contributed by atoms with Gasteiger partial charge in [0.25, 0.3) is 0 Å². The average molecular weight is 296 g/mol. The fraction of sp³-hybridized carbons (Fsp3) is 0.882. The van der Waals surface area contributed by atoms with E-state index in [1.165, 1.54) is 0 Å². The minimum atomic E-state index is -0.404. The summed E-state index contributed by atoms with van der Waals surface area (Å²) in [6.45, 7) is 9.06. The largest absolute Gasteiger partial charge is 0.381 e. The van der Waals surface area contributed by atoms with Gasteiger partial charge in [-0.05, 0) is 25.7 Å². The van der Waals surface area contributed by atoms with E-state index in [9.17, 15) is 9.59 Å². The van der Waals surface area contributed by atoms with Gasteiger partial charge in [-0.1, -0.05) is 27.7 Å². The van der Waals surface area contributed by atoms with Crippen LogP contribution in [0, 0.1) is 17.3 Å². The van der Waals surface area contributed by atoms with Crippen molar-refractivity contribution in [3.8, 4) is 0 Å². The first-order chi connectivity index (χ1) is 9.81. The predicted molar refractivity (Wildman–Crippen MR) is 80.1 cm³/mol. The van der Waals surface area contributed by atoms with Crippen molar-refractivity contribution in [3.05, 3.63) is 0 Å². The minimum absolute atomic E-state index is 0.0130. The number of hydrogen-bond acceptors (Lipinski definition) is 4. The smallest absolute Gasteiger partial charge is 0.164 e. The van der Waals surface area contributed by atoms with Gasteiger partial charge in [-0.3, -0.25) is 9.59 Å². The third kappa shape index (κ3) is 3.92. The molecule has 0 bridgehead atoms. The lowest BCUT2D eigenvalue weighted by Crippen LogP contribution is -2.35. The van der Waals surface area contributed by atoms with E-state index in [0.717, 1.165) is 19.3 Å². The minimum Gasteiger partial charge on any atom is -0.381 e. The molecule has 0 saturated carbocycles. The van der Waals surface area contributed by atoms with Crippen LogP contribution in [0.2, 0.25) is 0 Å². The van der Waals surface area contributed by atoms with Gasteiger partial charge in [-0.2, -0.15) is 0 Å². The molecule has 0 aromatic rings. The van der Waals surface area contributed by atoms with Gasteiger partial charge in [0.15, 0.2) is 5.78 Å². The molecule has 120 valence electrons. The lowest BCUT2D eigenvalue weighted by atomic mass is 9.76. The number of ketones is 2. The summed E-state index contributed by atoms with van der Waals surface area (Å²) < 4.78 is 11.2. The number of rotatable bonds is 6. The van der Waals surface area contributed by atoms with Crippen LogP contribution >= 0.6 is 0 Å². The van der Waals surface area contributed by atoms with Crippen LogP contribution in [-0.4, -0.2) is 37.0 Å². The van der Waals surface area contributed by atoms with Crippen molar-refractivity contribution in [1.29, 1.82) is 0 Å². The average Bonchev–Trinajstić information content (AvgIpc) is 3.07. The first-order valence-electron chi connectivity index (χ1n) is 8.12. The van der Waals surface area contributed by atoms with E-state index in [-0.39, 0.29) is 35.6 Å². The second kappa shape index (κ2) is 6.57. The van der Waals surface area contributed by atoms with Crippen LogP contribution < -0.4 is 0 Å². The highest BCUT2D eigenvalue weighted by Gasteiger charge is 2.40. The van der Waals surface area contributed by atoms with Crippen LogP contribution in [0.5, 0.6) is 0 Å². The van der Waals surface area contributed by atoms with E-state index < -0.39 is 5.41 Å². The molecule has 3 atom stereocenters. The standard InChI is InChI=1S/C17H28O4/c1-11(2)15(18)14-6-5-13(21-14)9-17(3,4)16(19)12-7-8-20-10-12/h11-14H,5-10H2,1-4H3. The molecule has 4 heteroatoms. The van der Waals surface area contributed by atoms with Crippen molar-refractivity contribution in [3.63, 3.8) is 0 Å². The molecule has 2 saturated heterocycles. The molecular weight excluding hydrogens is 268 g/mol. The first-order valence-corrected chi connectivity index (χ1v) is 8.12. The summed E-state index contributed by atoms with van der Waals surface area (Å²) in [5.41, 5.74) is -0.404. The van der Waals surface area contributed by atoms with Gasteiger partial charge < -0.3 is 9.47 Å². The summed E-state index contributed by atoms with van der Waals surface area (Å²) in [7, 11) is 0. The van der Waals surface area contributed by atoms with E-state index in [4.69, 9.17) is 9.47 Å². The van der Waals surface area contributed by atoms with Crippen LogP contribution in [0.25, 0.3) is 0 Å². The zero-order valence-corrected chi connectivity index (χ0v) is 13.7. The number of hydrogen-bond donors (Lipinski definition) is 0. The Bertz CT molecular complexity index is 394. The van der Waals surface area contributed by atoms with Crippen LogP contribution in [0.1, 0.15) is 53.4 Å². The van der Waals surface area contributed by atoms with E-state index in [1.807, 2.05) is 27.7 Å². The molecule has 0 spiro atoms. The Balaban J connectivity index is 1.89. The SMILES string of the molecule is CC(C)C(=O)C1CCC(CC(C)(C)C(=O)C2CCOC2)O1. The number of ether oxygens (including phenoxy) is 2. The maximum absolute atomic E-state index is 12.6. The molecule has 0 aromatic heterocycles. The lowest BCUT2D eigenvalue weighted by molar-refractivity contribution is -0.136. The van der Waals surface area contributed by atoms with Crippen molar-refractivity contribution in [2.45, 2.75) is 65.6 Å². The highest BCUT2D eigenvalue weighted by molar-refractivity contribution is 5.87. The van der Waals surface area contributed by atoms with Gasteiger partial charge in [0, 0.05) is 23.9 Å². The molecular formula is C17H28O4. The third-order valence-electron chi connectivity index (χ3n) is 4.70. The van der Waals surface area contributed by atoms with Gasteiger partial charge in [-0.25, -0.2) is 0 Å². The Morgan fingerprint density at radius 3 is 2.48 bits per heavy atom. The fourth-order valence-corrected chi connectivity index (χ4v) is 3.40. The Hall–Kier alpha value is -0.740. The van der Waals surface area contributed by atoms with Crippen LogP contribution in [0.4, 0.5) is 0 Å². The number of carbonyl (C=O) groups excluding carboxylic acids is 2. The topological polar surface area (TPSA) is 52.6 Å². The molecule has 0 N–H and O–H groups in total. The highest BCUT2D eigenvalue weighted by Crippen LogP contribution is 2.35. The van der Waals surface area contributed by atoms with Crippen LogP contribution in [0.15, 0.2) is 0 Å². The molecule has 2 aliphatic rings. The highest BCUT2D eigenvalue weighted by atomic mass is 16.5. The maximum atomic E-state index is 12.6. The summed E-state index contributed by atoms with van der Waals surface area (Å²) in [6.07, 6.45) is 2.96. The summed E-state index contributed by atoms with van der Waals surface area (Å²) in [5, 5.41) is 0. The molecule has 21 heavy (non-hydrogen) atoms. The zero-order valence-electron chi connectivity index (χ0n) is 13.7. The maximum Gasteiger partial charge on any atom is 0.164 e. The van der Waals surface area contributed by atoms with Crippen molar-refractivity contribution < 1.29 is 19.1 Å². The Morgan fingerprint density at radius 2 is 1.90 bits per heavy atom. The molecule has 3 unspecified atom stereocenters. The van der Waals surface area contributed by atoms with Crippen LogP contribution in [0.3, 0.4) is 0 Å². The van der Waals surface area contributed by atoms with E-state index >= 15 is 0 Å². The Labute approximate surface area is 127 Å². The second-order valence-electron chi connectivity index (χ2n) is 7.39. The molecule has 0 amide bonds. The van der Waals surface area contributed by atoms with E-state index in [0.29, 0.717) is 19.6 Å². The third-order valence-corrected chi connectivity index (χ3v) is 4.70. The summed E-state index contributed by atoms with van der Waals surface area (Å²) in [6, 6.07) is 0. The van der Waals surface area contributed by atoms with Gasteiger partial charge in [-0.15, -0.1) is 0 Å². The van der Waals surface area contributed by atoms with Gasteiger partial charge in [0.1, 0.15) is 11.9 Å². The quantitative estimate of drug-likeness (QED) is 0.756. The Morgan fingerprint density at radius 1 is 1.19 bits per heavy atom.